The van der Waals surface area contributed by atoms with Crippen LogP contribution in [-0.4, -0.2) is 7.05 Å². The second-order valence-electron chi connectivity index (χ2n) is 4.51. The minimum atomic E-state index is 0.663. The second-order valence-corrected chi connectivity index (χ2v) is 4.91. The van der Waals surface area contributed by atoms with Gasteiger partial charge in [-0.2, -0.15) is 0 Å². The van der Waals surface area contributed by atoms with E-state index < -0.39 is 0 Å². The first-order chi connectivity index (χ1) is 8.50. The SMILES string of the molecule is Cc1ccc(N(C)c2c(N)cccc2Cl)cc1C. The van der Waals surface area contributed by atoms with E-state index in [9.17, 15) is 0 Å². The Morgan fingerprint density at radius 1 is 1.06 bits per heavy atom. The van der Waals surface area contributed by atoms with E-state index in [2.05, 4.69) is 32.0 Å². The van der Waals surface area contributed by atoms with E-state index in [1.54, 1.807) is 0 Å². The van der Waals surface area contributed by atoms with E-state index in [0.29, 0.717) is 10.7 Å². The van der Waals surface area contributed by atoms with Crippen LogP contribution in [0, 0.1) is 13.8 Å². The Labute approximate surface area is 113 Å². The Balaban J connectivity index is 2.48. The standard InChI is InChI=1S/C15H17ClN2/c1-10-7-8-12(9-11(10)2)18(3)15-13(16)5-4-6-14(15)17/h4-9H,17H2,1-3H3. The number of aryl methyl sites for hydroxylation is 2. The largest absolute Gasteiger partial charge is 0.397 e. The number of nitrogens with zero attached hydrogens (tertiary/aromatic N) is 1. The molecule has 2 aromatic rings. The molecule has 0 aliphatic heterocycles. The molecular formula is C15H17ClN2. The molecule has 2 nitrogen and oxygen atoms in total. The van der Waals surface area contributed by atoms with Crippen LogP contribution in [0.2, 0.25) is 5.02 Å². The minimum absolute atomic E-state index is 0.663. The van der Waals surface area contributed by atoms with E-state index in [1.807, 2.05) is 30.1 Å². The van der Waals surface area contributed by atoms with Crippen molar-refractivity contribution in [3.8, 4) is 0 Å². The number of hydrogen-bond donors (Lipinski definition) is 1. The van der Waals surface area contributed by atoms with E-state index in [0.717, 1.165) is 11.4 Å². The molecule has 2 N–H and O–H groups in total. The van der Waals surface area contributed by atoms with Crippen molar-refractivity contribution in [1.29, 1.82) is 0 Å². The van der Waals surface area contributed by atoms with Gasteiger partial charge in [-0.3, -0.25) is 0 Å². The molecule has 0 fully saturated rings. The van der Waals surface area contributed by atoms with Gasteiger partial charge >= 0.3 is 0 Å². The lowest BCUT2D eigenvalue weighted by atomic mass is 10.1. The fourth-order valence-corrected chi connectivity index (χ4v) is 2.26. The highest BCUT2D eigenvalue weighted by Crippen LogP contribution is 2.35. The number of rotatable bonds is 2. The van der Waals surface area contributed by atoms with Crippen LogP contribution in [-0.2, 0) is 0 Å². The molecular weight excluding hydrogens is 244 g/mol. The first-order valence-corrected chi connectivity index (χ1v) is 6.23. The van der Waals surface area contributed by atoms with Crippen molar-refractivity contribution in [3.05, 3.63) is 52.5 Å². The van der Waals surface area contributed by atoms with Crippen LogP contribution in [0.4, 0.5) is 17.1 Å². The van der Waals surface area contributed by atoms with Crippen LogP contribution in [0.25, 0.3) is 0 Å². The highest BCUT2D eigenvalue weighted by Gasteiger charge is 2.11. The van der Waals surface area contributed by atoms with Gasteiger partial charge < -0.3 is 10.6 Å². The number of para-hydroxylation sites is 1. The van der Waals surface area contributed by atoms with Crippen molar-refractivity contribution in [1.82, 2.24) is 0 Å². The molecule has 0 bridgehead atoms. The van der Waals surface area contributed by atoms with Crippen LogP contribution in [0.5, 0.6) is 0 Å². The summed E-state index contributed by atoms with van der Waals surface area (Å²) in [5.41, 5.74) is 11.1. The zero-order chi connectivity index (χ0) is 13.3. The van der Waals surface area contributed by atoms with Gasteiger partial charge in [-0.25, -0.2) is 0 Å². The zero-order valence-electron chi connectivity index (χ0n) is 10.9. The van der Waals surface area contributed by atoms with Gasteiger partial charge in [0.1, 0.15) is 0 Å². The summed E-state index contributed by atoms with van der Waals surface area (Å²) in [5.74, 6) is 0. The average molecular weight is 261 g/mol. The smallest absolute Gasteiger partial charge is 0.0830 e. The summed E-state index contributed by atoms with van der Waals surface area (Å²) in [6, 6.07) is 11.9. The van der Waals surface area contributed by atoms with Crippen LogP contribution in [0.15, 0.2) is 36.4 Å². The molecule has 94 valence electrons. The van der Waals surface area contributed by atoms with Crippen molar-refractivity contribution < 1.29 is 0 Å². The molecule has 0 radical (unpaired) electrons. The van der Waals surface area contributed by atoms with Gasteiger partial charge in [0, 0.05) is 12.7 Å². The van der Waals surface area contributed by atoms with Crippen LogP contribution in [0.1, 0.15) is 11.1 Å². The first kappa shape index (κ1) is 12.8. The van der Waals surface area contributed by atoms with E-state index in [4.69, 9.17) is 17.3 Å². The van der Waals surface area contributed by atoms with Crippen molar-refractivity contribution in [2.45, 2.75) is 13.8 Å². The maximum Gasteiger partial charge on any atom is 0.0830 e. The lowest BCUT2D eigenvalue weighted by molar-refractivity contribution is 1.19. The van der Waals surface area contributed by atoms with Crippen LogP contribution < -0.4 is 10.6 Å². The maximum atomic E-state index is 6.22. The Bertz CT molecular complexity index is 558. The van der Waals surface area contributed by atoms with E-state index in [1.165, 1.54) is 11.1 Å². The number of halogens is 1. The Morgan fingerprint density at radius 2 is 1.78 bits per heavy atom. The molecule has 2 aromatic carbocycles. The predicted molar refractivity (Wildman–Crippen MR) is 79.8 cm³/mol. The van der Waals surface area contributed by atoms with Crippen LogP contribution >= 0.6 is 11.6 Å². The van der Waals surface area contributed by atoms with Crippen molar-refractivity contribution in [3.63, 3.8) is 0 Å². The quantitative estimate of drug-likeness (QED) is 0.816. The molecule has 3 heteroatoms. The summed E-state index contributed by atoms with van der Waals surface area (Å²) in [4.78, 5) is 2.02. The third-order valence-corrected chi connectivity index (χ3v) is 3.54. The molecule has 0 aromatic heterocycles. The number of hydrogen-bond acceptors (Lipinski definition) is 2. The summed E-state index contributed by atoms with van der Waals surface area (Å²) < 4.78 is 0. The first-order valence-electron chi connectivity index (χ1n) is 5.85. The summed E-state index contributed by atoms with van der Waals surface area (Å²) in [7, 11) is 1.97. The second kappa shape index (κ2) is 4.91. The summed E-state index contributed by atoms with van der Waals surface area (Å²) in [5, 5.41) is 0.663. The number of anilines is 3. The van der Waals surface area contributed by atoms with Crippen molar-refractivity contribution in [2.24, 2.45) is 0 Å². The molecule has 0 aliphatic carbocycles. The highest BCUT2D eigenvalue weighted by molar-refractivity contribution is 6.34. The Hall–Kier alpha value is -1.67. The number of nitrogens with two attached hydrogens (primary N) is 1. The van der Waals surface area contributed by atoms with Gasteiger partial charge in [-0.1, -0.05) is 23.7 Å². The van der Waals surface area contributed by atoms with Gasteiger partial charge in [0.15, 0.2) is 0 Å². The Morgan fingerprint density at radius 3 is 2.39 bits per heavy atom. The molecule has 0 saturated heterocycles. The van der Waals surface area contributed by atoms with E-state index >= 15 is 0 Å². The van der Waals surface area contributed by atoms with Crippen molar-refractivity contribution >= 4 is 28.7 Å². The lowest BCUT2D eigenvalue weighted by Crippen LogP contribution is -2.12. The maximum absolute atomic E-state index is 6.22. The molecule has 0 saturated carbocycles. The highest BCUT2D eigenvalue weighted by atomic mass is 35.5. The zero-order valence-corrected chi connectivity index (χ0v) is 11.6. The molecule has 0 amide bonds. The molecule has 18 heavy (non-hydrogen) atoms. The van der Waals surface area contributed by atoms with Crippen LogP contribution in [0.3, 0.4) is 0 Å². The van der Waals surface area contributed by atoms with Crippen molar-refractivity contribution in [2.75, 3.05) is 17.7 Å². The van der Waals surface area contributed by atoms with Gasteiger partial charge in [0.2, 0.25) is 0 Å². The Kier molecular flexibility index (Phi) is 3.48. The molecule has 0 heterocycles. The molecule has 0 aliphatic rings. The van der Waals surface area contributed by atoms with Gasteiger partial charge in [0.25, 0.3) is 0 Å². The predicted octanol–water partition coefficient (Wildman–Crippen LogP) is 4.31. The van der Waals surface area contributed by atoms with Gasteiger partial charge in [0.05, 0.1) is 16.4 Å². The normalized spacial score (nSPS) is 10.4. The third-order valence-electron chi connectivity index (χ3n) is 3.23. The number of benzene rings is 2. The molecule has 0 atom stereocenters. The number of nitrogen functional groups attached to an aromatic ring is 1. The third kappa shape index (κ3) is 2.29. The fraction of sp³-hybridized carbons (Fsp3) is 0.200. The van der Waals surface area contributed by atoms with Gasteiger partial charge in [-0.15, -0.1) is 0 Å². The van der Waals surface area contributed by atoms with Gasteiger partial charge in [-0.05, 0) is 49.2 Å². The molecule has 2 rings (SSSR count). The molecule has 0 unspecified atom stereocenters. The lowest BCUT2D eigenvalue weighted by Gasteiger charge is -2.23. The monoisotopic (exact) mass is 260 g/mol. The average Bonchev–Trinajstić information content (AvgIpc) is 2.32. The van der Waals surface area contributed by atoms with E-state index in [-0.39, 0.29) is 0 Å². The summed E-state index contributed by atoms with van der Waals surface area (Å²) >= 11 is 6.22. The summed E-state index contributed by atoms with van der Waals surface area (Å²) in [6.07, 6.45) is 0. The molecule has 0 spiro atoms. The fourth-order valence-electron chi connectivity index (χ4n) is 1.95. The minimum Gasteiger partial charge on any atom is -0.397 e. The topological polar surface area (TPSA) is 29.3 Å². The summed E-state index contributed by atoms with van der Waals surface area (Å²) in [6.45, 7) is 4.20.